The Kier molecular flexibility index (Phi) is 5.96. The van der Waals surface area contributed by atoms with E-state index in [1.807, 2.05) is 61.5 Å². The van der Waals surface area contributed by atoms with Crippen LogP contribution in [0.3, 0.4) is 0 Å². The molecule has 6 rings (SSSR count). The van der Waals surface area contributed by atoms with Crippen molar-refractivity contribution in [1.29, 1.82) is 0 Å². The lowest BCUT2D eigenvalue weighted by molar-refractivity contribution is -0.130. The maximum absolute atomic E-state index is 13.7. The van der Waals surface area contributed by atoms with Crippen LogP contribution in [0.15, 0.2) is 60.7 Å². The zero-order valence-corrected chi connectivity index (χ0v) is 21.7. The van der Waals surface area contributed by atoms with Crippen LogP contribution in [0.5, 0.6) is 11.5 Å². The van der Waals surface area contributed by atoms with Gasteiger partial charge in [-0.25, -0.2) is 4.79 Å². The van der Waals surface area contributed by atoms with Crippen molar-refractivity contribution in [2.24, 2.45) is 0 Å². The molecule has 1 saturated carbocycles. The fourth-order valence-electron chi connectivity index (χ4n) is 5.08. The first kappa shape index (κ1) is 24.8. The Morgan fingerprint density at radius 3 is 2.54 bits per heavy atom. The van der Waals surface area contributed by atoms with Crippen LogP contribution in [0.2, 0.25) is 0 Å². The highest BCUT2D eigenvalue weighted by Crippen LogP contribution is 2.55. The van der Waals surface area contributed by atoms with Crippen molar-refractivity contribution < 1.29 is 28.9 Å². The van der Waals surface area contributed by atoms with E-state index in [0.29, 0.717) is 33.9 Å². The molecule has 0 spiro atoms. The molecule has 0 bridgehead atoms. The van der Waals surface area contributed by atoms with E-state index in [0.717, 1.165) is 24.1 Å². The number of nitrogens with zero attached hydrogens (tertiary/aromatic N) is 1. The molecule has 2 heterocycles. The number of aliphatic hydroxyl groups is 1. The molecule has 1 atom stereocenters. The number of benzene rings is 3. The zero-order chi connectivity index (χ0) is 27.2. The number of cyclic esters (lactones) is 1. The minimum absolute atomic E-state index is 0.112. The van der Waals surface area contributed by atoms with Crippen molar-refractivity contribution in [2.45, 2.75) is 36.9 Å². The van der Waals surface area contributed by atoms with Gasteiger partial charge in [0.1, 0.15) is 6.61 Å². The van der Waals surface area contributed by atoms with Crippen molar-refractivity contribution in [3.63, 3.8) is 0 Å². The van der Waals surface area contributed by atoms with Crippen molar-refractivity contribution in [1.82, 2.24) is 0 Å². The number of carbonyl (C=O) groups excluding carboxylic acids is 2. The number of hydrogen-bond acceptors (Lipinski definition) is 7. The average Bonchev–Trinajstić information content (AvgIpc) is 3.38. The fraction of sp³-hybridized carbons (Fsp3) is 0.290. The second-order valence-electron chi connectivity index (χ2n) is 10.5. The van der Waals surface area contributed by atoms with Gasteiger partial charge < -0.3 is 29.5 Å². The smallest absolute Gasteiger partial charge is 0.338 e. The summed E-state index contributed by atoms with van der Waals surface area (Å²) < 4.78 is 16.1. The van der Waals surface area contributed by atoms with Gasteiger partial charge in [0.2, 0.25) is 12.4 Å². The monoisotopic (exact) mass is 524 g/mol. The normalized spacial score (nSPS) is 17.3. The topological polar surface area (TPSA) is 97.3 Å². The molecule has 3 aromatic carbocycles. The van der Waals surface area contributed by atoms with Gasteiger partial charge >= 0.3 is 5.97 Å². The van der Waals surface area contributed by atoms with Crippen molar-refractivity contribution >= 4 is 23.3 Å². The van der Waals surface area contributed by atoms with Crippen LogP contribution >= 0.6 is 0 Å². The van der Waals surface area contributed by atoms with Crippen LogP contribution < -0.4 is 19.7 Å². The Balaban J connectivity index is 1.31. The first-order chi connectivity index (χ1) is 18.7. The standard InChI is InChI=1S/C31H28N2O6/c1-33(2)24-7-3-20(4-8-24)11-12-31(36,29(35)32-23-6-9-25-21(15-23)17-37-28(25)34)18-30(13-14-30)22-5-10-26-27(16-22)39-19-38-26/h3-10,15-16,36H,13-14,17-19H2,1-2H3,(H,32,35). The second kappa shape index (κ2) is 9.37. The molecule has 198 valence electrons. The fourth-order valence-corrected chi connectivity index (χ4v) is 5.08. The lowest BCUT2D eigenvalue weighted by Crippen LogP contribution is -2.44. The molecule has 0 aromatic heterocycles. The Bertz CT molecular complexity index is 1530. The number of ether oxygens (including phenoxy) is 3. The summed E-state index contributed by atoms with van der Waals surface area (Å²) in [5.41, 5.74) is 1.90. The lowest BCUT2D eigenvalue weighted by atomic mass is 9.82. The van der Waals surface area contributed by atoms with Gasteiger partial charge in [-0.3, -0.25) is 4.79 Å². The summed E-state index contributed by atoms with van der Waals surface area (Å²) in [7, 11) is 3.91. The minimum Gasteiger partial charge on any atom is -0.457 e. The van der Waals surface area contributed by atoms with Crippen LogP contribution in [0.4, 0.5) is 11.4 Å². The number of carbonyl (C=O) groups is 2. The maximum Gasteiger partial charge on any atom is 0.338 e. The molecule has 1 unspecified atom stereocenters. The molecule has 1 fully saturated rings. The lowest BCUT2D eigenvalue weighted by Gasteiger charge is -2.27. The van der Waals surface area contributed by atoms with Gasteiger partial charge in [-0.05, 0) is 78.4 Å². The van der Waals surface area contributed by atoms with E-state index < -0.39 is 16.9 Å². The molecule has 0 saturated heterocycles. The van der Waals surface area contributed by atoms with E-state index in [9.17, 15) is 14.7 Å². The van der Waals surface area contributed by atoms with Gasteiger partial charge in [0, 0.05) is 43.0 Å². The molecule has 8 heteroatoms. The van der Waals surface area contributed by atoms with Crippen LogP contribution in [-0.4, -0.2) is 43.5 Å². The number of amides is 1. The van der Waals surface area contributed by atoms with Gasteiger partial charge in [0.05, 0.1) is 5.56 Å². The Morgan fingerprint density at radius 2 is 1.79 bits per heavy atom. The summed E-state index contributed by atoms with van der Waals surface area (Å²) in [5.74, 6) is 6.26. The minimum atomic E-state index is -1.99. The third kappa shape index (κ3) is 4.77. The van der Waals surface area contributed by atoms with Crippen molar-refractivity contribution in [3.8, 4) is 23.3 Å². The van der Waals surface area contributed by atoms with E-state index in [2.05, 4.69) is 17.2 Å². The predicted molar refractivity (Wildman–Crippen MR) is 145 cm³/mol. The van der Waals surface area contributed by atoms with E-state index >= 15 is 0 Å². The van der Waals surface area contributed by atoms with Crippen molar-refractivity contribution in [2.75, 3.05) is 31.1 Å². The Labute approximate surface area is 226 Å². The number of anilines is 2. The van der Waals surface area contributed by atoms with Gasteiger partial charge in [0.15, 0.2) is 11.5 Å². The average molecular weight is 525 g/mol. The molecule has 3 aliphatic rings. The van der Waals surface area contributed by atoms with Gasteiger partial charge in [0.25, 0.3) is 5.91 Å². The summed E-state index contributed by atoms with van der Waals surface area (Å²) in [5, 5.41) is 14.7. The Morgan fingerprint density at radius 1 is 1.03 bits per heavy atom. The molecule has 2 N–H and O–H groups in total. The summed E-state index contributed by atoms with van der Waals surface area (Å²) in [4.78, 5) is 27.5. The second-order valence-corrected chi connectivity index (χ2v) is 10.5. The molecular formula is C31H28N2O6. The first-order valence-electron chi connectivity index (χ1n) is 12.8. The van der Waals surface area contributed by atoms with Gasteiger partial charge in [-0.2, -0.15) is 0 Å². The van der Waals surface area contributed by atoms with Gasteiger partial charge in [-0.15, -0.1) is 0 Å². The zero-order valence-electron chi connectivity index (χ0n) is 21.7. The largest absolute Gasteiger partial charge is 0.457 e. The van der Waals surface area contributed by atoms with Crippen LogP contribution in [-0.2, 0) is 21.6 Å². The summed E-state index contributed by atoms with van der Waals surface area (Å²) in [6.45, 7) is 0.325. The molecule has 8 nitrogen and oxygen atoms in total. The highest BCUT2D eigenvalue weighted by molar-refractivity contribution is 6.01. The van der Waals surface area contributed by atoms with Crippen LogP contribution in [0.25, 0.3) is 0 Å². The molecule has 39 heavy (non-hydrogen) atoms. The molecule has 3 aromatic rings. The SMILES string of the molecule is CN(C)c1ccc(C#CC(O)(CC2(c3ccc4c(c3)OCO4)CC2)C(=O)Nc2ccc3c(c2)COC3=O)cc1. The Hall–Kier alpha value is -4.48. The third-order valence-electron chi connectivity index (χ3n) is 7.55. The molecular weight excluding hydrogens is 496 g/mol. The predicted octanol–water partition coefficient (Wildman–Crippen LogP) is 3.99. The molecule has 1 amide bonds. The van der Waals surface area contributed by atoms with Crippen LogP contribution in [0, 0.1) is 11.8 Å². The highest BCUT2D eigenvalue weighted by Gasteiger charge is 2.52. The molecule has 1 aliphatic carbocycles. The molecule has 0 radical (unpaired) electrons. The van der Waals surface area contributed by atoms with E-state index in [4.69, 9.17) is 14.2 Å². The number of nitrogens with one attached hydrogen (secondary N) is 1. The van der Waals surface area contributed by atoms with E-state index in [1.54, 1.807) is 18.2 Å². The maximum atomic E-state index is 13.7. The van der Waals surface area contributed by atoms with Crippen molar-refractivity contribution in [3.05, 3.63) is 82.9 Å². The van der Waals surface area contributed by atoms with Crippen LogP contribution in [0.1, 0.15) is 46.3 Å². The quantitative estimate of drug-likeness (QED) is 0.372. The third-order valence-corrected chi connectivity index (χ3v) is 7.55. The molecule has 2 aliphatic heterocycles. The highest BCUT2D eigenvalue weighted by atomic mass is 16.7. The van der Waals surface area contributed by atoms with Gasteiger partial charge in [-0.1, -0.05) is 17.9 Å². The number of fused-ring (bicyclic) bond motifs is 2. The first-order valence-corrected chi connectivity index (χ1v) is 12.8. The summed E-state index contributed by atoms with van der Waals surface area (Å²) >= 11 is 0. The summed E-state index contributed by atoms with van der Waals surface area (Å²) in [6, 6.07) is 18.3. The summed E-state index contributed by atoms with van der Waals surface area (Å²) in [6.07, 6.45) is 1.72. The van der Waals surface area contributed by atoms with E-state index in [-0.39, 0.29) is 25.8 Å². The van der Waals surface area contributed by atoms with E-state index in [1.165, 1.54) is 0 Å². The number of rotatable bonds is 6. The number of esters is 1. The number of hydrogen-bond donors (Lipinski definition) is 2.